The monoisotopic (exact) mass is 274 g/mol. The van der Waals surface area contributed by atoms with Crippen LogP contribution in [-0.2, 0) is 0 Å². The van der Waals surface area contributed by atoms with Crippen LogP contribution < -0.4 is 10.6 Å². The molecule has 0 aromatic heterocycles. The van der Waals surface area contributed by atoms with Gasteiger partial charge in [0.05, 0.1) is 5.69 Å². The highest BCUT2D eigenvalue weighted by Crippen LogP contribution is 2.19. The fraction of sp³-hybridized carbons (Fsp3) is 0.417. The third-order valence-corrected chi connectivity index (χ3v) is 2.58. The summed E-state index contributed by atoms with van der Waals surface area (Å²) < 4.78 is 13.3. The third kappa shape index (κ3) is 4.89. The van der Waals surface area contributed by atoms with Gasteiger partial charge in [0.2, 0.25) is 0 Å². The highest BCUT2D eigenvalue weighted by Gasteiger charge is 2.10. The number of rotatable bonds is 5. The Morgan fingerprint density at radius 2 is 2.28 bits per heavy atom. The van der Waals surface area contributed by atoms with E-state index in [1.807, 2.05) is 6.92 Å². The first-order valence-electron chi connectivity index (χ1n) is 5.66. The van der Waals surface area contributed by atoms with Gasteiger partial charge in [-0.3, -0.25) is 0 Å². The number of aliphatic hydroxyl groups is 1. The average Bonchev–Trinajstić information content (AvgIpc) is 2.31. The second kappa shape index (κ2) is 7.18. The summed E-state index contributed by atoms with van der Waals surface area (Å²) in [5.74, 6) is -0.544. The van der Waals surface area contributed by atoms with Crippen molar-refractivity contribution >= 4 is 23.3 Å². The van der Waals surface area contributed by atoms with Gasteiger partial charge >= 0.3 is 6.03 Å². The Bertz CT molecular complexity index is 415. The summed E-state index contributed by atoms with van der Waals surface area (Å²) in [5, 5.41) is 14.0. The van der Waals surface area contributed by atoms with Crippen LogP contribution >= 0.6 is 11.6 Å². The Morgan fingerprint density at radius 3 is 2.94 bits per heavy atom. The summed E-state index contributed by atoms with van der Waals surface area (Å²) in [4.78, 5) is 11.6. The van der Waals surface area contributed by atoms with Crippen molar-refractivity contribution in [1.82, 2.24) is 5.32 Å². The van der Waals surface area contributed by atoms with E-state index < -0.39 is 11.8 Å². The van der Waals surface area contributed by atoms with E-state index in [0.29, 0.717) is 17.9 Å². The molecular weight excluding hydrogens is 259 g/mol. The Morgan fingerprint density at radius 1 is 1.56 bits per heavy atom. The maximum absolute atomic E-state index is 13.3. The van der Waals surface area contributed by atoms with Crippen molar-refractivity contribution in [2.45, 2.75) is 25.8 Å². The smallest absolute Gasteiger partial charge is 0.319 e. The van der Waals surface area contributed by atoms with Gasteiger partial charge in [0.15, 0.2) is 0 Å². The molecule has 0 radical (unpaired) electrons. The summed E-state index contributed by atoms with van der Waals surface area (Å²) in [6.45, 7) is 1.89. The molecule has 0 heterocycles. The van der Waals surface area contributed by atoms with Crippen molar-refractivity contribution < 1.29 is 14.3 Å². The number of anilines is 1. The van der Waals surface area contributed by atoms with Crippen molar-refractivity contribution in [3.05, 3.63) is 29.0 Å². The van der Waals surface area contributed by atoms with Crippen LogP contribution in [0.1, 0.15) is 19.8 Å². The number of aliphatic hydroxyl groups excluding tert-OH is 1. The number of hydrogen-bond donors (Lipinski definition) is 3. The molecule has 1 rings (SSSR count). The van der Waals surface area contributed by atoms with Crippen molar-refractivity contribution in [2.75, 3.05) is 11.9 Å². The van der Waals surface area contributed by atoms with E-state index in [9.17, 15) is 9.18 Å². The summed E-state index contributed by atoms with van der Waals surface area (Å²) in [6.07, 6.45) is 1.26. The Hall–Kier alpha value is -1.33. The molecule has 3 N–H and O–H groups in total. The van der Waals surface area contributed by atoms with Gasteiger partial charge in [-0.15, -0.1) is 0 Å². The van der Waals surface area contributed by atoms with E-state index >= 15 is 0 Å². The second-order valence-electron chi connectivity index (χ2n) is 3.99. The SMILES string of the molecule is CC(CCCO)NC(=O)Nc1cc(Cl)ccc1F. The van der Waals surface area contributed by atoms with Gasteiger partial charge in [-0.2, -0.15) is 0 Å². The number of amides is 2. The van der Waals surface area contributed by atoms with E-state index in [1.54, 1.807) is 0 Å². The van der Waals surface area contributed by atoms with E-state index in [0.717, 1.165) is 0 Å². The Balaban J connectivity index is 2.51. The number of benzene rings is 1. The van der Waals surface area contributed by atoms with Gasteiger partial charge < -0.3 is 15.7 Å². The van der Waals surface area contributed by atoms with Gasteiger partial charge in [0.1, 0.15) is 5.82 Å². The minimum Gasteiger partial charge on any atom is -0.396 e. The van der Waals surface area contributed by atoms with Crippen molar-refractivity contribution in [1.29, 1.82) is 0 Å². The molecule has 1 unspecified atom stereocenters. The third-order valence-electron chi connectivity index (χ3n) is 2.35. The number of carbonyl (C=O) groups excluding carboxylic acids is 1. The highest BCUT2D eigenvalue weighted by molar-refractivity contribution is 6.30. The summed E-state index contributed by atoms with van der Waals surface area (Å²) in [5.41, 5.74) is 0.0364. The molecule has 1 aromatic carbocycles. The van der Waals surface area contributed by atoms with Crippen LogP contribution in [0.25, 0.3) is 0 Å². The first kappa shape index (κ1) is 14.7. The number of hydrogen-bond acceptors (Lipinski definition) is 2. The largest absolute Gasteiger partial charge is 0.396 e. The number of nitrogens with one attached hydrogen (secondary N) is 2. The normalized spacial score (nSPS) is 12.0. The zero-order chi connectivity index (χ0) is 13.5. The number of urea groups is 1. The van der Waals surface area contributed by atoms with E-state index in [2.05, 4.69) is 10.6 Å². The lowest BCUT2D eigenvalue weighted by Gasteiger charge is -2.14. The average molecular weight is 275 g/mol. The molecule has 0 saturated carbocycles. The van der Waals surface area contributed by atoms with Crippen molar-refractivity contribution in [3.8, 4) is 0 Å². The van der Waals surface area contributed by atoms with E-state index in [-0.39, 0.29) is 18.3 Å². The van der Waals surface area contributed by atoms with Crippen LogP contribution in [0.5, 0.6) is 0 Å². The lowest BCUT2D eigenvalue weighted by atomic mass is 10.2. The van der Waals surface area contributed by atoms with Gasteiger partial charge in [-0.25, -0.2) is 9.18 Å². The standard InChI is InChI=1S/C12H16ClFN2O2/c1-8(3-2-6-17)15-12(18)16-11-7-9(13)4-5-10(11)14/h4-5,7-8,17H,2-3,6H2,1H3,(H2,15,16,18). The molecule has 0 fully saturated rings. The predicted octanol–water partition coefficient (Wildman–Crippen LogP) is 2.76. The van der Waals surface area contributed by atoms with E-state index in [1.165, 1.54) is 18.2 Å². The molecule has 0 aliphatic rings. The topological polar surface area (TPSA) is 61.4 Å². The molecule has 4 nitrogen and oxygen atoms in total. The summed E-state index contributed by atoms with van der Waals surface area (Å²) >= 11 is 5.71. The zero-order valence-electron chi connectivity index (χ0n) is 10.0. The lowest BCUT2D eigenvalue weighted by Crippen LogP contribution is -2.36. The van der Waals surface area contributed by atoms with Gasteiger partial charge in [-0.1, -0.05) is 11.6 Å². The molecule has 18 heavy (non-hydrogen) atoms. The fourth-order valence-corrected chi connectivity index (χ4v) is 1.62. The summed E-state index contributed by atoms with van der Waals surface area (Å²) in [7, 11) is 0. The van der Waals surface area contributed by atoms with Crippen LogP contribution in [0.15, 0.2) is 18.2 Å². The van der Waals surface area contributed by atoms with Crippen molar-refractivity contribution in [2.24, 2.45) is 0 Å². The molecule has 0 aliphatic heterocycles. The molecule has 6 heteroatoms. The lowest BCUT2D eigenvalue weighted by molar-refractivity contribution is 0.245. The molecular formula is C12H16ClFN2O2. The molecule has 0 spiro atoms. The van der Waals surface area contributed by atoms with Crippen LogP contribution in [-0.4, -0.2) is 23.8 Å². The first-order valence-corrected chi connectivity index (χ1v) is 6.04. The quantitative estimate of drug-likeness (QED) is 0.773. The zero-order valence-corrected chi connectivity index (χ0v) is 10.8. The Kier molecular flexibility index (Phi) is 5.88. The van der Waals surface area contributed by atoms with Crippen LogP contribution in [0.3, 0.4) is 0 Å². The predicted molar refractivity (Wildman–Crippen MR) is 69.3 cm³/mol. The highest BCUT2D eigenvalue weighted by atomic mass is 35.5. The van der Waals surface area contributed by atoms with Gasteiger partial charge in [-0.05, 0) is 38.0 Å². The minimum absolute atomic E-state index is 0.0364. The molecule has 0 saturated heterocycles. The molecule has 0 aliphatic carbocycles. The van der Waals surface area contributed by atoms with Gasteiger partial charge in [0, 0.05) is 17.7 Å². The van der Waals surface area contributed by atoms with Crippen LogP contribution in [0.2, 0.25) is 5.02 Å². The number of carbonyl (C=O) groups is 1. The number of halogens is 2. The van der Waals surface area contributed by atoms with Crippen molar-refractivity contribution in [3.63, 3.8) is 0 Å². The Labute approximate surface area is 110 Å². The minimum atomic E-state index is -0.544. The van der Waals surface area contributed by atoms with Crippen LogP contribution in [0.4, 0.5) is 14.9 Å². The maximum atomic E-state index is 13.3. The molecule has 100 valence electrons. The molecule has 1 aromatic rings. The maximum Gasteiger partial charge on any atom is 0.319 e. The second-order valence-corrected chi connectivity index (χ2v) is 4.43. The summed E-state index contributed by atoms with van der Waals surface area (Å²) in [6, 6.07) is 3.34. The molecule has 1 atom stereocenters. The van der Waals surface area contributed by atoms with E-state index in [4.69, 9.17) is 16.7 Å². The van der Waals surface area contributed by atoms with Crippen LogP contribution in [0, 0.1) is 5.82 Å². The fourth-order valence-electron chi connectivity index (χ4n) is 1.45. The molecule has 0 bridgehead atoms. The first-order chi connectivity index (χ1) is 8.52. The molecule has 2 amide bonds. The van der Waals surface area contributed by atoms with Gasteiger partial charge in [0.25, 0.3) is 0 Å².